The fourth-order valence-electron chi connectivity index (χ4n) is 2.14. The summed E-state index contributed by atoms with van der Waals surface area (Å²) < 4.78 is 5.35. The molecule has 1 heterocycles. The number of hydrazine groups is 1. The van der Waals surface area contributed by atoms with E-state index in [1.54, 1.807) is 11.2 Å². The third kappa shape index (κ3) is 3.46. The second-order valence-corrected chi connectivity index (χ2v) is 4.44. The van der Waals surface area contributed by atoms with Gasteiger partial charge in [-0.1, -0.05) is 0 Å². The maximum absolute atomic E-state index is 11.5. The van der Waals surface area contributed by atoms with E-state index in [-0.39, 0.29) is 12.1 Å². The van der Waals surface area contributed by atoms with Crippen LogP contribution in [-0.2, 0) is 9.53 Å². The number of ether oxygens (including phenoxy) is 1. The Balaban J connectivity index is 1.66. The highest BCUT2D eigenvalue weighted by Gasteiger charge is 2.20. The summed E-state index contributed by atoms with van der Waals surface area (Å²) in [6.07, 6.45) is 6.58. The van der Waals surface area contributed by atoms with E-state index in [9.17, 15) is 4.79 Å². The van der Waals surface area contributed by atoms with Gasteiger partial charge in [0.05, 0.1) is 24.6 Å². The predicted octanol–water partition coefficient (Wildman–Crippen LogP) is 1.09. The van der Waals surface area contributed by atoms with Crippen molar-refractivity contribution < 1.29 is 9.53 Å². The summed E-state index contributed by atoms with van der Waals surface area (Å²) in [6, 6.07) is 2.08. The fraction of sp³-hybridized carbons (Fsp3) is 0.667. The van der Waals surface area contributed by atoms with E-state index in [4.69, 9.17) is 10.00 Å². The molecule has 0 unspecified atom stereocenters. The van der Waals surface area contributed by atoms with Crippen molar-refractivity contribution >= 4 is 5.97 Å². The van der Waals surface area contributed by atoms with Gasteiger partial charge in [-0.15, -0.1) is 0 Å². The van der Waals surface area contributed by atoms with E-state index in [1.807, 2.05) is 0 Å². The number of nitrogens with zero attached hydrogens (tertiary/aromatic N) is 2. The highest BCUT2D eigenvalue weighted by atomic mass is 16.5. The summed E-state index contributed by atoms with van der Waals surface area (Å²) in [5.74, 6) is -0.141. The zero-order valence-corrected chi connectivity index (χ0v) is 9.82. The first kappa shape index (κ1) is 11.9. The Hall–Kier alpha value is -1.54. The number of rotatable bonds is 4. The molecule has 1 aliphatic carbocycles. The summed E-state index contributed by atoms with van der Waals surface area (Å²) in [5.41, 5.74) is 3.71. The van der Waals surface area contributed by atoms with Gasteiger partial charge in [-0.2, -0.15) is 5.26 Å². The molecular weight excluding hydrogens is 218 g/mol. The Bertz CT molecular complexity index is 353. The zero-order chi connectivity index (χ0) is 12.1. The molecule has 2 rings (SSSR count). The van der Waals surface area contributed by atoms with Crippen molar-refractivity contribution in [1.29, 1.82) is 5.26 Å². The number of hydrogen-bond acceptors (Lipinski definition) is 5. The van der Waals surface area contributed by atoms with Crippen LogP contribution in [0.5, 0.6) is 0 Å². The minimum atomic E-state index is -0.141. The Morgan fingerprint density at radius 2 is 2.35 bits per heavy atom. The third-order valence-corrected chi connectivity index (χ3v) is 3.09. The molecule has 0 aromatic heterocycles. The number of carbonyl (C=O) groups excluding carboxylic acids is 1. The normalized spacial score (nSPS) is 20.2. The van der Waals surface area contributed by atoms with Gasteiger partial charge in [-0.05, 0) is 25.7 Å². The van der Waals surface area contributed by atoms with E-state index in [1.165, 1.54) is 12.8 Å². The quantitative estimate of drug-likeness (QED) is 0.739. The van der Waals surface area contributed by atoms with Crippen molar-refractivity contribution in [1.82, 2.24) is 10.4 Å². The van der Waals surface area contributed by atoms with Gasteiger partial charge in [0.25, 0.3) is 0 Å². The maximum Gasteiger partial charge on any atom is 0.307 e. The van der Waals surface area contributed by atoms with Gasteiger partial charge in [0.15, 0.2) is 0 Å². The Morgan fingerprint density at radius 3 is 3.00 bits per heavy atom. The van der Waals surface area contributed by atoms with Crippen LogP contribution in [0.4, 0.5) is 0 Å². The van der Waals surface area contributed by atoms with Gasteiger partial charge < -0.3 is 9.75 Å². The molecule has 0 atom stereocenters. The van der Waals surface area contributed by atoms with E-state index in [0.29, 0.717) is 25.1 Å². The number of nitriles is 1. The van der Waals surface area contributed by atoms with E-state index < -0.39 is 0 Å². The fourth-order valence-corrected chi connectivity index (χ4v) is 2.14. The van der Waals surface area contributed by atoms with Gasteiger partial charge in [0.2, 0.25) is 0 Å². The van der Waals surface area contributed by atoms with Crippen LogP contribution >= 0.6 is 0 Å². The summed E-state index contributed by atoms with van der Waals surface area (Å²) in [7, 11) is 0. The van der Waals surface area contributed by atoms with Crippen LogP contribution in [0.1, 0.15) is 32.1 Å². The molecule has 5 heteroatoms. The average molecular weight is 235 g/mol. The minimum Gasteiger partial charge on any atom is -0.462 e. The van der Waals surface area contributed by atoms with Crippen LogP contribution in [0.3, 0.4) is 0 Å². The van der Waals surface area contributed by atoms with Crippen LogP contribution in [-0.4, -0.2) is 30.2 Å². The molecule has 0 bridgehead atoms. The second kappa shape index (κ2) is 5.69. The Labute approximate surface area is 101 Å². The lowest BCUT2D eigenvalue weighted by Crippen LogP contribution is -2.31. The summed E-state index contributed by atoms with van der Waals surface area (Å²) >= 11 is 0. The van der Waals surface area contributed by atoms with Crippen LogP contribution in [0.2, 0.25) is 0 Å². The lowest BCUT2D eigenvalue weighted by atomic mass is 10.3. The molecule has 1 N–H and O–H groups in total. The molecule has 0 radical (unpaired) electrons. The molecule has 1 saturated carbocycles. The lowest BCUT2D eigenvalue weighted by Gasteiger charge is -2.16. The summed E-state index contributed by atoms with van der Waals surface area (Å²) in [5, 5.41) is 10.4. The first-order valence-electron chi connectivity index (χ1n) is 6.08. The third-order valence-electron chi connectivity index (χ3n) is 3.09. The summed E-state index contributed by atoms with van der Waals surface area (Å²) in [4.78, 5) is 11.5. The second-order valence-electron chi connectivity index (χ2n) is 4.44. The smallest absolute Gasteiger partial charge is 0.307 e. The molecule has 1 fully saturated rings. The van der Waals surface area contributed by atoms with Crippen molar-refractivity contribution in [2.45, 2.75) is 38.2 Å². The zero-order valence-electron chi connectivity index (χ0n) is 9.82. The van der Waals surface area contributed by atoms with Crippen LogP contribution < -0.4 is 5.43 Å². The number of nitrogens with one attached hydrogen (secondary N) is 1. The van der Waals surface area contributed by atoms with Crippen molar-refractivity contribution in [3.05, 3.63) is 11.8 Å². The molecule has 2 aliphatic rings. The van der Waals surface area contributed by atoms with Crippen LogP contribution in [0.15, 0.2) is 11.8 Å². The maximum atomic E-state index is 11.5. The van der Waals surface area contributed by atoms with E-state index >= 15 is 0 Å². The van der Waals surface area contributed by atoms with E-state index in [2.05, 4.69) is 11.5 Å². The molecule has 92 valence electrons. The number of carbonyl (C=O) groups is 1. The molecule has 0 spiro atoms. The SMILES string of the molecule is N#CC1=CN(CCC(=O)OC2CCCC2)NC1. The van der Waals surface area contributed by atoms with Gasteiger partial charge >= 0.3 is 5.97 Å². The minimum absolute atomic E-state index is 0.138. The van der Waals surface area contributed by atoms with Crippen molar-refractivity contribution in [2.24, 2.45) is 0 Å². The van der Waals surface area contributed by atoms with E-state index in [0.717, 1.165) is 12.8 Å². The molecule has 0 saturated heterocycles. The standard InChI is InChI=1S/C12H17N3O2/c13-7-10-8-14-15(9-10)6-5-12(16)17-11-3-1-2-4-11/h9,11,14H,1-6,8H2. The Kier molecular flexibility index (Phi) is 3.99. The van der Waals surface area contributed by atoms with Crippen molar-refractivity contribution in [3.8, 4) is 6.07 Å². The highest BCUT2D eigenvalue weighted by molar-refractivity contribution is 5.69. The molecule has 17 heavy (non-hydrogen) atoms. The predicted molar refractivity (Wildman–Crippen MR) is 61.4 cm³/mol. The molecule has 0 aromatic carbocycles. The number of hydrogen-bond donors (Lipinski definition) is 1. The molecule has 1 aliphatic heterocycles. The molecule has 0 aromatic rings. The van der Waals surface area contributed by atoms with Gasteiger partial charge in [-0.25, -0.2) is 5.43 Å². The highest BCUT2D eigenvalue weighted by Crippen LogP contribution is 2.21. The van der Waals surface area contributed by atoms with Crippen molar-refractivity contribution in [2.75, 3.05) is 13.1 Å². The van der Waals surface area contributed by atoms with Crippen molar-refractivity contribution in [3.63, 3.8) is 0 Å². The van der Waals surface area contributed by atoms with Gasteiger partial charge in [0.1, 0.15) is 6.10 Å². The lowest BCUT2D eigenvalue weighted by molar-refractivity contribution is -0.149. The Morgan fingerprint density at radius 1 is 1.59 bits per heavy atom. The van der Waals surface area contributed by atoms with Crippen LogP contribution in [0, 0.1) is 11.3 Å². The topological polar surface area (TPSA) is 65.4 Å². The first-order chi connectivity index (χ1) is 8.28. The molecule has 0 amide bonds. The first-order valence-corrected chi connectivity index (χ1v) is 6.08. The summed E-state index contributed by atoms with van der Waals surface area (Å²) in [6.45, 7) is 1.10. The monoisotopic (exact) mass is 235 g/mol. The molecular formula is C12H17N3O2. The largest absolute Gasteiger partial charge is 0.462 e. The number of esters is 1. The molecule has 5 nitrogen and oxygen atoms in total. The average Bonchev–Trinajstić information content (AvgIpc) is 2.96. The van der Waals surface area contributed by atoms with Gasteiger partial charge in [0, 0.05) is 12.7 Å². The van der Waals surface area contributed by atoms with Crippen LogP contribution in [0.25, 0.3) is 0 Å². The van der Waals surface area contributed by atoms with Gasteiger partial charge in [-0.3, -0.25) is 4.79 Å².